The Morgan fingerprint density at radius 3 is 2.85 bits per heavy atom. The maximum absolute atomic E-state index is 11.5. The van der Waals surface area contributed by atoms with Crippen LogP contribution in [0.4, 0.5) is 0 Å². The van der Waals surface area contributed by atoms with E-state index in [9.17, 15) is 9.90 Å². The van der Waals surface area contributed by atoms with Gasteiger partial charge in [0.15, 0.2) is 0 Å². The van der Waals surface area contributed by atoms with Gasteiger partial charge in [0.2, 0.25) is 5.90 Å². The molecule has 1 N–H and O–H groups in total. The van der Waals surface area contributed by atoms with Gasteiger partial charge in [-0.2, -0.15) is 0 Å². The Morgan fingerprint density at radius 2 is 2.15 bits per heavy atom. The van der Waals surface area contributed by atoms with Gasteiger partial charge < -0.3 is 19.1 Å². The van der Waals surface area contributed by atoms with Crippen molar-refractivity contribution in [2.75, 3.05) is 19.8 Å². The Labute approximate surface area is 151 Å². The molecule has 0 spiro atoms. The van der Waals surface area contributed by atoms with Gasteiger partial charge in [-0.1, -0.05) is 5.16 Å². The molecule has 3 rings (SSSR count). The van der Waals surface area contributed by atoms with E-state index in [1.165, 1.54) is 0 Å². The van der Waals surface area contributed by atoms with E-state index in [0.29, 0.717) is 37.0 Å². The van der Waals surface area contributed by atoms with E-state index in [1.807, 2.05) is 13.0 Å². The standard InChI is InChI=1S/C19H22N2O5/c1-13-11-15(26-21-13)5-3-2-4-9-24-17-7-6-14(12-16(17)19(22)23)18-20-8-10-25-18/h6-7,11-12H,2-5,8-10H2,1H3,(H,22,23). The first-order valence-corrected chi connectivity index (χ1v) is 8.73. The number of unbranched alkanes of at least 4 members (excludes halogenated alkanes) is 2. The molecule has 0 saturated carbocycles. The first-order valence-electron chi connectivity index (χ1n) is 8.73. The third kappa shape index (κ3) is 4.62. The molecule has 2 heterocycles. The molecule has 138 valence electrons. The van der Waals surface area contributed by atoms with Crippen LogP contribution in [0.1, 0.15) is 46.6 Å². The fraction of sp³-hybridized carbons (Fsp3) is 0.421. The molecule has 1 aromatic carbocycles. The molecular formula is C19H22N2O5. The molecule has 0 aliphatic carbocycles. The van der Waals surface area contributed by atoms with E-state index >= 15 is 0 Å². The Hall–Kier alpha value is -2.83. The number of hydrogen-bond donors (Lipinski definition) is 1. The molecule has 1 aromatic heterocycles. The highest BCUT2D eigenvalue weighted by Crippen LogP contribution is 2.22. The summed E-state index contributed by atoms with van der Waals surface area (Å²) in [7, 11) is 0. The number of carboxylic acids is 1. The maximum Gasteiger partial charge on any atom is 0.339 e. The number of carbonyl (C=O) groups is 1. The number of ether oxygens (including phenoxy) is 2. The summed E-state index contributed by atoms with van der Waals surface area (Å²) < 4.78 is 16.2. The number of benzene rings is 1. The minimum absolute atomic E-state index is 0.123. The highest BCUT2D eigenvalue weighted by Gasteiger charge is 2.17. The van der Waals surface area contributed by atoms with E-state index in [-0.39, 0.29) is 5.56 Å². The molecule has 0 radical (unpaired) electrons. The Balaban J connectivity index is 1.48. The van der Waals surface area contributed by atoms with Crippen molar-refractivity contribution in [3.8, 4) is 5.75 Å². The molecule has 0 bridgehead atoms. The molecule has 2 aromatic rings. The zero-order valence-electron chi connectivity index (χ0n) is 14.7. The van der Waals surface area contributed by atoms with Crippen LogP contribution in [0, 0.1) is 6.92 Å². The summed E-state index contributed by atoms with van der Waals surface area (Å²) in [5, 5.41) is 13.3. The number of aryl methyl sites for hydroxylation is 2. The number of aromatic nitrogens is 1. The Morgan fingerprint density at radius 1 is 1.27 bits per heavy atom. The number of carboxylic acid groups (broad SMARTS) is 1. The van der Waals surface area contributed by atoms with Crippen LogP contribution >= 0.6 is 0 Å². The van der Waals surface area contributed by atoms with Crippen molar-refractivity contribution in [3.05, 3.63) is 46.8 Å². The van der Waals surface area contributed by atoms with Crippen molar-refractivity contribution < 1.29 is 23.9 Å². The van der Waals surface area contributed by atoms with Crippen molar-refractivity contribution in [2.45, 2.75) is 32.6 Å². The summed E-state index contributed by atoms with van der Waals surface area (Å²) >= 11 is 0. The number of hydrogen-bond acceptors (Lipinski definition) is 6. The van der Waals surface area contributed by atoms with E-state index in [1.54, 1.807) is 18.2 Å². The van der Waals surface area contributed by atoms with Crippen LogP contribution in [-0.2, 0) is 11.2 Å². The third-order valence-corrected chi connectivity index (χ3v) is 4.04. The fourth-order valence-corrected chi connectivity index (χ4v) is 2.76. The molecule has 0 amide bonds. The van der Waals surface area contributed by atoms with Gasteiger partial charge in [-0.25, -0.2) is 9.79 Å². The minimum Gasteiger partial charge on any atom is -0.493 e. The summed E-state index contributed by atoms with van der Waals surface area (Å²) in [6, 6.07) is 6.93. The molecular weight excluding hydrogens is 336 g/mol. The number of aliphatic imine (C=N–C) groups is 1. The number of nitrogens with zero attached hydrogens (tertiary/aromatic N) is 2. The summed E-state index contributed by atoms with van der Waals surface area (Å²) in [6.07, 6.45) is 3.62. The van der Waals surface area contributed by atoms with Crippen LogP contribution in [-0.4, -0.2) is 41.9 Å². The van der Waals surface area contributed by atoms with Crippen LogP contribution in [0.15, 0.2) is 33.8 Å². The van der Waals surface area contributed by atoms with E-state index in [4.69, 9.17) is 14.0 Å². The molecule has 1 aliphatic heterocycles. The van der Waals surface area contributed by atoms with Gasteiger partial charge in [0.25, 0.3) is 0 Å². The molecule has 0 saturated heterocycles. The van der Waals surface area contributed by atoms with Gasteiger partial charge >= 0.3 is 5.97 Å². The zero-order valence-corrected chi connectivity index (χ0v) is 14.7. The van der Waals surface area contributed by atoms with Crippen molar-refractivity contribution in [1.29, 1.82) is 0 Å². The summed E-state index contributed by atoms with van der Waals surface area (Å²) in [6.45, 7) is 3.50. The maximum atomic E-state index is 11.5. The first kappa shape index (κ1) is 18.0. The van der Waals surface area contributed by atoms with Crippen LogP contribution in [0.25, 0.3) is 0 Å². The van der Waals surface area contributed by atoms with Gasteiger partial charge in [-0.3, -0.25) is 0 Å². The SMILES string of the molecule is Cc1cc(CCCCCOc2ccc(C3=NCCO3)cc2C(=O)O)on1. The molecule has 7 nitrogen and oxygen atoms in total. The Bertz CT molecular complexity index is 797. The van der Waals surface area contributed by atoms with Gasteiger partial charge in [0.05, 0.1) is 18.8 Å². The second-order valence-electron chi connectivity index (χ2n) is 6.15. The molecule has 0 fully saturated rings. The van der Waals surface area contributed by atoms with Crippen LogP contribution < -0.4 is 4.74 Å². The predicted molar refractivity (Wildman–Crippen MR) is 95.0 cm³/mol. The fourth-order valence-electron chi connectivity index (χ4n) is 2.76. The number of aromatic carboxylic acids is 1. The predicted octanol–water partition coefficient (Wildman–Crippen LogP) is 3.25. The van der Waals surface area contributed by atoms with E-state index in [2.05, 4.69) is 10.1 Å². The molecule has 26 heavy (non-hydrogen) atoms. The molecule has 1 aliphatic rings. The van der Waals surface area contributed by atoms with Crippen molar-refractivity contribution in [3.63, 3.8) is 0 Å². The zero-order chi connectivity index (χ0) is 18.4. The highest BCUT2D eigenvalue weighted by atomic mass is 16.5. The lowest BCUT2D eigenvalue weighted by Crippen LogP contribution is -2.08. The monoisotopic (exact) mass is 358 g/mol. The van der Waals surface area contributed by atoms with Crippen molar-refractivity contribution >= 4 is 11.9 Å². The van der Waals surface area contributed by atoms with Gasteiger partial charge in [0, 0.05) is 18.1 Å². The lowest BCUT2D eigenvalue weighted by molar-refractivity contribution is 0.0692. The average Bonchev–Trinajstić information content (AvgIpc) is 3.30. The van der Waals surface area contributed by atoms with Crippen LogP contribution in [0.3, 0.4) is 0 Å². The van der Waals surface area contributed by atoms with Gasteiger partial charge in [-0.15, -0.1) is 0 Å². The normalized spacial score (nSPS) is 13.3. The smallest absolute Gasteiger partial charge is 0.339 e. The first-order chi connectivity index (χ1) is 12.6. The molecule has 7 heteroatoms. The van der Waals surface area contributed by atoms with Crippen molar-refractivity contribution in [2.24, 2.45) is 4.99 Å². The topological polar surface area (TPSA) is 94.2 Å². The van der Waals surface area contributed by atoms with Crippen LogP contribution in [0.2, 0.25) is 0 Å². The Kier molecular flexibility index (Phi) is 5.88. The highest BCUT2D eigenvalue weighted by molar-refractivity contribution is 5.99. The second-order valence-corrected chi connectivity index (χ2v) is 6.15. The van der Waals surface area contributed by atoms with Gasteiger partial charge in [0.1, 0.15) is 23.7 Å². The summed E-state index contributed by atoms with van der Waals surface area (Å²) in [4.78, 5) is 15.7. The summed E-state index contributed by atoms with van der Waals surface area (Å²) in [5.41, 5.74) is 1.68. The quantitative estimate of drug-likeness (QED) is 0.692. The summed E-state index contributed by atoms with van der Waals surface area (Å²) in [5.74, 6) is 0.720. The van der Waals surface area contributed by atoms with E-state index < -0.39 is 5.97 Å². The lowest BCUT2D eigenvalue weighted by atomic mass is 10.1. The lowest BCUT2D eigenvalue weighted by Gasteiger charge is -2.11. The second kappa shape index (κ2) is 8.51. The molecule has 0 atom stereocenters. The van der Waals surface area contributed by atoms with E-state index in [0.717, 1.165) is 37.1 Å². The molecule has 0 unspecified atom stereocenters. The van der Waals surface area contributed by atoms with Gasteiger partial charge in [-0.05, 0) is 44.4 Å². The van der Waals surface area contributed by atoms with Crippen molar-refractivity contribution in [1.82, 2.24) is 5.16 Å². The largest absolute Gasteiger partial charge is 0.493 e. The van der Waals surface area contributed by atoms with Crippen LogP contribution in [0.5, 0.6) is 5.75 Å². The number of rotatable bonds is 9. The minimum atomic E-state index is -1.03. The third-order valence-electron chi connectivity index (χ3n) is 4.04. The average molecular weight is 358 g/mol.